The van der Waals surface area contributed by atoms with Crippen LogP contribution in [-0.4, -0.2) is 43.3 Å². The highest BCUT2D eigenvalue weighted by Crippen LogP contribution is 2.37. The second-order valence-corrected chi connectivity index (χ2v) is 9.75. The number of ketones is 1. The van der Waals surface area contributed by atoms with Gasteiger partial charge in [-0.1, -0.05) is 64.1 Å². The van der Waals surface area contributed by atoms with E-state index in [9.17, 15) is 14.0 Å². The quantitative estimate of drug-likeness (QED) is 0.515. The molecular formula is C27H37FN2O2. The van der Waals surface area contributed by atoms with Gasteiger partial charge in [0.25, 0.3) is 0 Å². The summed E-state index contributed by atoms with van der Waals surface area (Å²) < 4.78 is 14.4. The summed E-state index contributed by atoms with van der Waals surface area (Å²) in [5, 5.41) is 3.08. The molecule has 0 saturated carbocycles. The molecular weight excluding hydrogens is 403 g/mol. The third kappa shape index (κ3) is 7.27. The van der Waals surface area contributed by atoms with E-state index in [4.69, 9.17) is 0 Å². The van der Waals surface area contributed by atoms with Crippen LogP contribution in [0.2, 0.25) is 0 Å². The van der Waals surface area contributed by atoms with Gasteiger partial charge in [-0.3, -0.25) is 9.59 Å². The molecule has 0 unspecified atom stereocenters. The van der Waals surface area contributed by atoms with Crippen LogP contribution < -0.4 is 5.32 Å². The summed E-state index contributed by atoms with van der Waals surface area (Å²) in [6.07, 6.45) is 1.27. The zero-order valence-electron chi connectivity index (χ0n) is 20.2. The van der Waals surface area contributed by atoms with Gasteiger partial charge in [-0.25, -0.2) is 4.39 Å². The number of likely N-dealkylation sites (N-methyl/N-ethyl adjacent to an activating group) is 1. The molecule has 0 fully saturated rings. The number of Topliss-reactive ketones (excluding diaryl/α,β-unsaturated/α-hetero) is 1. The van der Waals surface area contributed by atoms with Crippen molar-refractivity contribution in [3.8, 4) is 0 Å². The second kappa shape index (κ2) is 11.4. The molecule has 0 aliphatic rings. The Labute approximate surface area is 192 Å². The predicted molar refractivity (Wildman–Crippen MR) is 128 cm³/mol. The normalized spacial score (nSPS) is 13.6. The Balaban J connectivity index is 2.03. The number of halogens is 1. The van der Waals surface area contributed by atoms with Gasteiger partial charge in [0, 0.05) is 25.4 Å². The maximum absolute atomic E-state index is 14.4. The van der Waals surface area contributed by atoms with E-state index in [-0.39, 0.29) is 41.0 Å². The minimum absolute atomic E-state index is 0.00991. The average molecular weight is 441 g/mol. The highest BCUT2D eigenvalue weighted by atomic mass is 19.1. The number of hydrogen-bond acceptors (Lipinski definition) is 3. The lowest BCUT2D eigenvalue weighted by Gasteiger charge is -2.31. The van der Waals surface area contributed by atoms with Gasteiger partial charge in [0.05, 0.1) is 5.56 Å². The summed E-state index contributed by atoms with van der Waals surface area (Å²) in [6, 6.07) is 15.0. The van der Waals surface area contributed by atoms with Crippen LogP contribution in [0.25, 0.3) is 0 Å². The van der Waals surface area contributed by atoms with Crippen LogP contribution in [0.3, 0.4) is 0 Å². The third-order valence-corrected chi connectivity index (χ3v) is 6.03. The molecule has 1 amide bonds. The molecule has 2 aromatic carbocycles. The number of amides is 1. The Hall–Kier alpha value is -2.53. The molecule has 0 bridgehead atoms. The van der Waals surface area contributed by atoms with E-state index in [0.717, 1.165) is 11.1 Å². The van der Waals surface area contributed by atoms with Crippen LogP contribution in [0.4, 0.5) is 4.39 Å². The maximum Gasteiger partial charge on any atom is 0.220 e. The first kappa shape index (κ1) is 25.7. The molecule has 174 valence electrons. The number of benzene rings is 2. The average Bonchev–Trinajstić information content (AvgIpc) is 2.74. The van der Waals surface area contributed by atoms with Gasteiger partial charge in [0.2, 0.25) is 5.91 Å². The largest absolute Gasteiger partial charge is 0.355 e. The number of nitrogens with zero attached hydrogens (tertiary/aromatic N) is 1. The Morgan fingerprint density at radius 3 is 2.25 bits per heavy atom. The number of carbonyl (C=O) groups excluding carboxylic acids is 2. The van der Waals surface area contributed by atoms with Crippen LogP contribution in [-0.2, 0) is 11.2 Å². The first-order valence-corrected chi connectivity index (χ1v) is 11.3. The molecule has 0 aromatic heterocycles. The van der Waals surface area contributed by atoms with Gasteiger partial charge in [-0.2, -0.15) is 0 Å². The summed E-state index contributed by atoms with van der Waals surface area (Å²) in [4.78, 5) is 26.7. The molecule has 2 aromatic rings. The Kier molecular flexibility index (Phi) is 9.14. The van der Waals surface area contributed by atoms with Gasteiger partial charge in [0.1, 0.15) is 5.82 Å². The lowest BCUT2D eigenvalue weighted by atomic mass is 9.74. The minimum atomic E-state index is -0.480. The molecule has 0 aliphatic heterocycles. The van der Waals surface area contributed by atoms with Gasteiger partial charge < -0.3 is 10.2 Å². The lowest BCUT2D eigenvalue weighted by Crippen LogP contribution is -2.42. The van der Waals surface area contributed by atoms with Crippen LogP contribution in [0.5, 0.6) is 0 Å². The summed E-state index contributed by atoms with van der Waals surface area (Å²) in [5.41, 5.74) is 2.06. The predicted octanol–water partition coefficient (Wildman–Crippen LogP) is 5.23. The molecule has 0 aliphatic carbocycles. The van der Waals surface area contributed by atoms with Gasteiger partial charge in [-0.05, 0) is 55.1 Å². The van der Waals surface area contributed by atoms with Crippen molar-refractivity contribution in [3.63, 3.8) is 0 Å². The molecule has 0 spiro atoms. The summed E-state index contributed by atoms with van der Waals surface area (Å²) in [6.45, 7) is 8.66. The highest BCUT2D eigenvalue weighted by Gasteiger charge is 2.28. The first-order chi connectivity index (χ1) is 15.0. The Bertz CT molecular complexity index is 904. The van der Waals surface area contributed by atoms with Crippen LogP contribution in [0.15, 0.2) is 48.5 Å². The van der Waals surface area contributed by atoms with Crippen LogP contribution in [0.1, 0.15) is 67.9 Å². The van der Waals surface area contributed by atoms with E-state index in [1.54, 1.807) is 19.1 Å². The smallest absolute Gasteiger partial charge is 0.220 e. The number of carbonyl (C=O) groups is 2. The SMILES string of the molecule is CCC(=O)c1ccc(C[C@@H](CNC(=O)C[C@H](c2ccccc2)C(C)(C)C)N(C)C)cc1F. The summed E-state index contributed by atoms with van der Waals surface area (Å²) in [5.74, 6) is -0.556. The molecule has 4 nitrogen and oxygen atoms in total. The van der Waals surface area contributed by atoms with Crippen LogP contribution >= 0.6 is 0 Å². The zero-order valence-corrected chi connectivity index (χ0v) is 20.2. The third-order valence-electron chi connectivity index (χ3n) is 6.03. The topological polar surface area (TPSA) is 49.4 Å². The lowest BCUT2D eigenvalue weighted by molar-refractivity contribution is -0.122. The van der Waals surface area contributed by atoms with Crippen molar-refractivity contribution >= 4 is 11.7 Å². The minimum Gasteiger partial charge on any atom is -0.355 e. The van der Waals surface area contributed by atoms with Gasteiger partial charge in [0.15, 0.2) is 5.78 Å². The Morgan fingerprint density at radius 2 is 1.72 bits per heavy atom. The van der Waals surface area contributed by atoms with E-state index >= 15 is 0 Å². The fourth-order valence-corrected chi connectivity index (χ4v) is 3.91. The molecule has 0 radical (unpaired) electrons. The fraction of sp³-hybridized carbons (Fsp3) is 0.481. The first-order valence-electron chi connectivity index (χ1n) is 11.3. The molecule has 32 heavy (non-hydrogen) atoms. The van der Waals surface area contributed by atoms with Gasteiger partial charge >= 0.3 is 0 Å². The van der Waals surface area contributed by atoms with E-state index in [1.165, 1.54) is 6.07 Å². The van der Waals surface area contributed by atoms with Crippen molar-refractivity contribution in [3.05, 3.63) is 71.0 Å². The van der Waals surface area contributed by atoms with Crippen molar-refractivity contribution in [1.82, 2.24) is 10.2 Å². The van der Waals surface area contributed by atoms with Crippen molar-refractivity contribution in [2.24, 2.45) is 5.41 Å². The standard InChI is InChI=1S/C27H37FN2O2/c1-7-25(31)22-14-13-19(16-24(22)28)15-21(30(5)6)18-29-26(32)17-23(27(2,3)4)20-11-9-8-10-12-20/h8-14,16,21,23H,7,15,17-18H2,1-6H3,(H,29,32)/t21-,23+/m0/s1. The van der Waals surface area contributed by atoms with Gasteiger partial charge in [-0.15, -0.1) is 0 Å². The highest BCUT2D eigenvalue weighted by molar-refractivity contribution is 5.96. The number of nitrogens with one attached hydrogen (secondary N) is 1. The molecule has 0 heterocycles. The second-order valence-electron chi connectivity index (χ2n) is 9.75. The number of hydrogen-bond donors (Lipinski definition) is 1. The molecule has 1 N–H and O–H groups in total. The van der Waals surface area contributed by atoms with E-state index in [2.05, 4.69) is 38.2 Å². The monoisotopic (exact) mass is 440 g/mol. The Morgan fingerprint density at radius 1 is 1.06 bits per heavy atom. The van der Waals surface area contributed by atoms with Crippen molar-refractivity contribution in [1.29, 1.82) is 0 Å². The van der Waals surface area contributed by atoms with Crippen molar-refractivity contribution < 1.29 is 14.0 Å². The van der Waals surface area contributed by atoms with E-state index < -0.39 is 5.82 Å². The number of rotatable bonds is 10. The van der Waals surface area contributed by atoms with Crippen molar-refractivity contribution in [2.75, 3.05) is 20.6 Å². The molecule has 0 saturated heterocycles. The zero-order chi connectivity index (χ0) is 23.9. The molecule has 2 rings (SSSR count). The maximum atomic E-state index is 14.4. The van der Waals surface area contributed by atoms with E-state index in [1.807, 2.05) is 37.2 Å². The summed E-state index contributed by atoms with van der Waals surface area (Å²) >= 11 is 0. The summed E-state index contributed by atoms with van der Waals surface area (Å²) in [7, 11) is 3.90. The fourth-order valence-electron chi connectivity index (χ4n) is 3.91. The molecule has 5 heteroatoms. The molecule has 2 atom stereocenters. The van der Waals surface area contributed by atoms with E-state index in [0.29, 0.717) is 19.4 Å². The van der Waals surface area contributed by atoms with Crippen LogP contribution in [0, 0.1) is 11.2 Å². The van der Waals surface area contributed by atoms with Crippen molar-refractivity contribution in [2.45, 2.75) is 58.9 Å².